The zero-order chi connectivity index (χ0) is 15.0. The van der Waals surface area contributed by atoms with Crippen LogP contribution in [0.3, 0.4) is 0 Å². The van der Waals surface area contributed by atoms with Gasteiger partial charge in [0.1, 0.15) is 4.90 Å². The molecule has 0 fully saturated rings. The summed E-state index contributed by atoms with van der Waals surface area (Å²) in [6.07, 6.45) is 2.41. The summed E-state index contributed by atoms with van der Waals surface area (Å²) in [4.78, 5) is 2.01. The van der Waals surface area contributed by atoms with E-state index in [2.05, 4.69) is 11.3 Å². The quantitative estimate of drug-likeness (QED) is 0.675. The molecule has 2 N–H and O–H groups in total. The zero-order valence-electron chi connectivity index (χ0n) is 11.7. The van der Waals surface area contributed by atoms with Crippen LogP contribution >= 0.6 is 0 Å². The molecule has 0 aromatic heterocycles. The van der Waals surface area contributed by atoms with Crippen molar-refractivity contribution in [2.24, 2.45) is 0 Å². The van der Waals surface area contributed by atoms with E-state index in [4.69, 9.17) is 5.11 Å². The number of hydrogen-bond donors (Lipinski definition) is 2. The molecule has 112 valence electrons. The van der Waals surface area contributed by atoms with Crippen LogP contribution in [0.2, 0.25) is 0 Å². The van der Waals surface area contributed by atoms with Crippen molar-refractivity contribution in [3.8, 4) is 0 Å². The first kappa shape index (κ1) is 16.7. The topological polar surface area (TPSA) is 69.6 Å². The molecule has 0 bridgehead atoms. The van der Waals surface area contributed by atoms with Gasteiger partial charge in [-0.2, -0.15) is 0 Å². The Morgan fingerprint density at radius 2 is 2.10 bits per heavy atom. The number of aliphatic hydroxyl groups is 1. The lowest BCUT2D eigenvalue weighted by molar-refractivity contribution is 0.303. The summed E-state index contributed by atoms with van der Waals surface area (Å²) in [6, 6.07) is 6.77. The third-order valence-electron chi connectivity index (χ3n) is 2.76. The van der Waals surface area contributed by atoms with Gasteiger partial charge in [0.25, 0.3) is 0 Å². The van der Waals surface area contributed by atoms with Gasteiger partial charge in [-0.1, -0.05) is 25.1 Å². The second-order valence-corrected chi connectivity index (χ2v) is 6.06. The SMILES string of the molecule is C=CCN(CCO)c1ccccc1S(=O)(=O)NCCC. The highest BCUT2D eigenvalue weighted by Gasteiger charge is 2.20. The Bertz CT molecular complexity index is 529. The molecule has 5 nitrogen and oxygen atoms in total. The molecule has 0 aliphatic rings. The number of nitrogens with one attached hydrogen (secondary N) is 1. The number of sulfonamides is 1. The van der Waals surface area contributed by atoms with E-state index in [0.717, 1.165) is 6.42 Å². The van der Waals surface area contributed by atoms with Gasteiger partial charge in [-0.15, -0.1) is 6.58 Å². The largest absolute Gasteiger partial charge is 0.395 e. The van der Waals surface area contributed by atoms with Crippen molar-refractivity contribution in [2.75, 3.05) is 31.1 Å². The number of nitrogens with zero attached hydrogens (tertiary/aromatic N) is 1. The van der Waals surface area contributed by atoms with Gasteiger partial charge < -0.3 is 10.0 Å². The van der Waals surface area contributed by atoms with Crippen molar-refractivity contribution in [3.05, 3.63) is 36.9 Å². The second-order valence-electron chi connectivity index (χ2n) is 4.32. The van der Waals surface area contributed by atoms with E-state index in [9.17, 15) is 8.42 Å². The molecule has 0 saturated carbocycles. The molecule has 0 atom stereocenters. The molecular formula is C14H22N2O3S. The molecule has 6 heteroatoms. The number of rotatable bonds is 9. The molecule has 1 aromatic rings. The van der Waals surface area contributed by atoms with Gasteiger partial charge >= 0.3 is 0 Å². The summed E-state index contributed by atoms with van der Waals surface area (Å²) < 4.78 is 27.2. The zero-order valence-corrected chi connectivity index (χ0v) is 12.6. The first-order valence-electron chi connectivity index (χ1n) is 6.62. The summed E-state index contributed by atoms with van der Waals surface area (Å²) in [5, 5.41) is 9.12. The van der Waals surface area contributed by atoms with Crippen LogP contribution in [0.1, 0.15) is 13.3 Å². The molecule has 0 unspecified atom stereocenters. The molecule has 0 heterocycles. The maximum absolute atomic E-state index is 12.3. The van der Waals surface area contributed by atoms with Gasteiger partial charge in [0.15, 0.2) is 0 Å². The van der Waals surface area contributed by atoms with Crippen molar-refractivity contribution < 1.29 is 13.5 Å². The fourth-order valence-electron chi connectivity index (χ4n) is 1.85. The normalized spacial score (nSPS) is 11.3. The van der Waals surface area contributed by atoms with Crippen molar-refractivity contribution in [3.63, 3.8) is 0 Å². The Kier molecular flexibility index (Phi) is 6.70. The average molecular weight is 298 g/mol. The lowest BCUT2D eigenvalue weighted by atomic mass is 10.3. The van der Waals surface area contributed by atoms with Crippen molar-refractivity contribution in [1.82, 2.24) is 4.72 Å². The fourth-order valence-corrected chi connectivity index (χ4v) is 3.21. The lowest BCUT2D eigenvalue weighted by Gasteiger charge is -2.24. The Hall–Kier alpha value is -1.37. The number of aliphatic hydroxyl groups excluding tert-OH is 1. The van der Waals surface area contributed by atoms with Crippen LogP contribution in [0, 0.1) is 0 Å². The van der Waals surface area contributed by atoms with Crippen molar-refractivity contribution in [1.29, 1.82) is 0 Å². The highest BCUT2D eigenvalue weighted by atomic mass is 32.2. The van der Waals surface area contributed by atoms with E-state index in [0.29, 0.717) is 25.3 Å². The minimum atomic E-state index is -3.54. The van der Waals surface area contributed by atoms with Crippen LogP contribution < -0.4 is 9.62 Å². The fraction of sp³-hybridized carbons (Fsp3) is 0.429. The molecule has 1 aromatic carbocycles. The van der Waals surface area contributed by atoms with Crippen LogP contribution in [0.4, 0.5) is 5.69 Å². The van der Waals surface area contributed by atoms with Crippen molar-refractivity contribution >= 4 is 15.7 Å². The summed E-state index contributed by atoms with van der Waals surface area (Å²) in [7, 11) is -3.54. The maximum atomic E-state index is 12.3. The molecular weight excluding hydrogens is 276 g/mol. The van der Waals surface area contributed by atoms with Gasteiger partial charge in [0.2, 0.25) is 10.0 Å². The van der Waals surface area contributed by atoms with E-state index in [1.54, 1.807) is 35.2 Å². The molecule has 0 amide bonds. The van der Waals surface area contributed by atoms with Gasteiger partial charge in [0, 0.05) is 19.6 Å². The molecule has 0 aliphatic carbocycles. The molecule has 0 saturated heterocycles. The van der Waals surface area contributed by atoms with Gasteiger partial charge in [-0.25, -0.2) is 13.1 Å². The van der Waals surface area contributed by atoms with E-state index in [-0.39, 0.29) is 11.5 Å². The van der Waals surface area contributed by atoms with Gasteiger partial charge in [-0.05, 0) is 18.6 Å². The summed E-state index contributed by atoms with van der Waals surface area (Å²) >= 11 is 0. The summed E-state index contributed by atoms with van der Waals surface area (Å²) in [6.45, 7) is 6.74. The van der Waals surface area contributed by atoms with Crippen LogP contribution in [-0.2, 0) is 10.0 Å². The van der Waals surface area contributed by atoms with E-state index < -0.39 is 10.0 Å². The number of benzene rings is 1. The molecule has 0 spiro atoms. The van der Waals surface area contributed by atoms with Gasteiger partial charge in [0.05, 0.1) is 12.3 Å². The van der Waals surface area contributed by atoms with E-state index in [1.807, 2.05) is 6.92 Å². The monoisotopic (exact) mass is 298 g/mol. The molecule has 0 radical (unpaired) electrons. The predicted octanol–water partition coefficient (Wildman–Crippen LogP) is 1.36. The lowest BCUT2D eigenvalue weighted by Crippen LogP contribution is -2.31. The Morgan fingerprint density at radius 1 is 1.40 bits per heavy atom. The average Bonchev–Trinajstić information content (AvgIpc) is 2.45. The molecule has 20 heavy (non-hydrogen) atoms. The maximum Gasteiger partial charge on any atom is 0.242 e. The van der Waals surface area contributed by atoms with Gasteiger partial charge in [-0.3, -0.25) is 0 Å². The minimum absolute atomic E-state index is 0.0510. The predicted molar refractivity (Wildman–Crippen MR) is 81.4 cm³/mol. The Balaban J connectivity index is 3.17. The number of para-hydroxylation sites is 1. The Morgan fingerprint density at radius 3 is 2.70 bits per heavy atom. The van der Waals surface area contributed by atoms with Crippen LogP contribution in [0.25, 0.3) is 0 Å². The highest BCUT2D eigenvalue weighted by Crippen LogP contribution is 2.24. The van der Waals surface area contributed by atoms with Crippen LogP contribution in [0.5, 0.6) is 0 Å². The Labute approximate surface area is 121 Å². The van der Waals surface area contributed by atoms with Crippen molar-refractivity contribution in [2.45, 2.75) is 18.2 Å². The first-order chi connectivity index (χ1) is 9.56. The second kappa shape index (κ2) is 8.04. The minimum Gasteiger partial charge on any atom is -0.395 e. The third kappa shape index (κ3) is 4.33. The highest BCUT2D eigenvalue weighted by molar-refractivity contribution is 7.89. The number of anilines is 1. The standard InChI is InChI=1S/C14H22N2O3S/c1-3-9-15-20(18,19)14-8-6-5-7-13(14)16(10-4-2)11-12-17/h4-8,15,17H,2-3,9-12H2,1H3. The first-order valence-corrected chi connectivity index (χ1v) is 8.10. The molecule has 1 rings (SSSR count). The van der Waals surface area contributed by atoms with E-state index in [1.165, 1.54) is 0 Å². The molecule has 0 aliphatic heterocycles. The smallest absolute Gasteiger partial charge is 0.242 e. The van der Waals surface area contributed by atoms with Crippen LogP contribution in [0.15, 0.2) is 41.8 Å². The summed E-state index contributed by atoms with van der Waals surface area (Å²) in [5.74, 6) is 0. The number of hydrogen-bond acceptors (Lipinski definition) is 4. The summed E-state index contributed by atoms with van der Waals surface area (Å²) in [5.41, 5.74) is 0.574. The van der Waals surface area contributed by atoms with Crippen LogP contribution in [-0.4, -0.2) is 39.8 Å². The third-order valence-corrected chi connectivity index (χ3v) is 4.27. The van der Waals surface area contributed by atoms with E-state index >= 15 is 0 Å².